The van der Waals surface area contributed by atoms with E-state index in [-0.39, 0.29) is 18.1 Å². The van der Waals surface area contributed by atoms with Crippen molar-refractivity contribution in [2.24, 2.45) is 0 Å². The van der Waals surface area contributed by atoms with Crippen LogP contribution in [-0.2, 0) is 4.79 Å². The van der Waals surface area contributed by atoms with Crippen LogP contribution in [0.5, 0.6) is 5.75 Å². The molecule has 1 unspecified atom stereocenters. The molecule has 2 N–H and O–H groups in total. The maximum absolute atomic E-state index is 13.2. The van der Waals surface area contributed by atoms with Gasteiger partial charge in [0, 0.05) is 28.1 Å². The zero-order valence-corrected chi connectivity index (χ0v) is 15.2. The number of H-pyrrole nitrogens is 1. The summed E-state index contributed by atoms with van der Waals surface area (Å²) < 4.78 is 5.14. The number of carbonyl (C=O) groups is 2. The molecule has 3 aromatic rings. The van der Waals surface area contributed by atoms with Crippen LogP contribution in [0, 0.1) is 0 Å². The molecule has 1 aromatic heterocycles. The van der Waals surface area contributed by atoms with E-state index in [1.54, 1.807) is 43.5 Å². The number of carbonyl (C=O) groups excluding carboxylic acids is 2. The van der Waals surface area contributed by atoms with Gasteiger partial charge in [0.2, 0.25) is 5.91 Å². The topological polar surface area (TPSA) is 84.1 Å². The fourth-order valence-corrected chi connectivity index (χ4v) is 3.40. The number of amides is 1. The molecule has 0 radical (unpaired) electrons. The molecule has 0 fully saturated rings. The number of aromatic amines is 1. The number of Topliss-reactive ketones (excluding diaryl/α,β-unsaturated/α-hetero) is 1. The van der Waals surface area contributed by atoms with Crippen molar-refractivity contribution in [3.8, 4) is 17.0 Å². The molecule has 6 nitrogen and oxygen atoms in total. The van der Waals surface area contributed by atoms with Gasteiger partial charge in [-0.1, -0.05) is 23.7 Å². The van der Waals surface area contributed by atoms with Crippen molar-refractivity contribution < 1.29 is 14.3 Å². The Morgan fingerprint density at radius 2 is 1.85 bits per heavy atom. The smallest absolute Gasteiger partial charge is 0.226 e. The Balaban J connectivity index is 1.77. The molecule has 2 aromatic carbocycles. The summed E-state index contributed by atoms with van der Waals surface area (Å²) in [5.41, 5.74) is 2.76. The van der Waals surface area contributed by atoms with Gasteiger partial charge in [-0.3, -0.25) is 14.7 Å². The van der Waals surface area contributed by atoms with Gasteiger partial charge in [0.1, 0.15) is 5.75 Å². The molecule has 0 saturated carbocycles. The zero-order chi connectivity index (χ0) is 19.0. The van der Waals surface area contributed by atoms with Crippen molar-refractivity contribution in [2.75, 3.05) is 12.4 Å². The first-order chi connectivity index (χ1) is 13.1. The second-order valence-corrected chi connectivity index (χ2v) is 6.70. The molecule has 1 amide bonds. The molecule has 4 rings (SSSR count). The Bertz CT molecular complexity index is 1010. The second-order valence-electron chi connectivity index (χ2n) is 6.27. The Morgan fingerprint density at radius 3 is 2.52 bits per heavy atom. The average Bonchev–Trinajstić information content (AvgIpc) is 3.11. The van der Waals surface area contributed by atoms with Crippen molar-refractivity contribution in [1.29, 1.82) is 0 Å². The van der Waals surface area contributed by atoms with Crippen LogP contribution >= 0.6 is 11.6 Å². The number of hydrogen-bond donors (Lipinski definition) is 2. The highest BCUT2D eigenvalue weighted by molar-refractivity contribution is 6.30. The monoisotopic (exact) mass is 381 g/mol. The number of fused-ring (bicyclic) bond motifs is 1. The fraction of sp³-hybridized carbons (Fsp3) is 0.150. The number of halogens is 1. The molecule has 1 aliphatic rings. The van der Waals surface area contributed by atoms with Gasteiger partial charge in [-0.05, 0) is 36.4 Å². The summed E-state index contributed by atoms with van der Waals surface area (Å²) in [5, 5.41) is 10.5. The van der Waals surface area contributed by atoms with Gasteiger partial charge >= 0.3 is 0 Å². The molecular weight excluding hydrogens is 366 g/mol. The van der Waals surface area contributed by atoms with Gasteiger partial charge in [-0.2, -0.15) is 5.10 Å². The molecule has 0 bridgehead atoms. The van der Waals surface area contributed by atoms with E-state index in [0.29, 0.717) is 33.4 Å². The van der Waals surface area contributed by atoms with Crippen molar-refractivity contribution in [3.63, 3.8) is 0 Å². The first kappa shape index (κ1) is 17.3. The molecule has 1 aliphatic heterocycles. The Hall–Kier alpha value is -3.12. The summed E-state index contributed by atoms with van der Waals surface area (Å²) in [6, 6.07) is 14.1. The predicted octanol–water partition coefficient (Wildman–Crippen LogP) is 4.05. The van der Waals surface area contributed by atoms with E-state index in [1.165, 1.54) is 0 Å². The van der Waals surface area contributed by atoms with Crippen molar-refractivity contribution in [2.45, 2.75) is 12.3 Å². The van der Waals surface area contributed by atoms with Crippen LogP contribution in [-0.4, -0.2) is 29.0 Å². The van der Waals surface area contributed by atoms with E-state index in [4.69, 9.17) is 16.3 Å². The number of ether oxygens (including phenoxy) is 1. The molecule has 0 saturated heterocycles. The Kier molecular flexibility index (Phi) is 4.41. The van der Waals surface area contributed by atoms with Gasteiger partial charge < -0.3 is 10.1 Å². The van der Waals surface area contributed by atoms with E-state index in [2.05, 4.69) is 15.5 Å². The summed E-state index contributed by atoms with van der Waals surface area (Å²) in [6.07, 6.45) is 0.0674. The first-order valence-electron chi connectivity index (χ1n) is 8.39. The third kappa shape index (κ3) is 3.19. The summed E-state index contributed by atoms with van der Waals surface area (Å²) in [7, 11) is 1.57. The van der Waals surface area contributed by atoms with Crippen LogP contribution in [0.1, 0.15) is 28.3 Å². The average molecular weight is 382 g/mol. The highest BCUT2D eigenvalue weighted by atomic mass is 35.5. The SMILES string of the molecule is COc1ccc(C(=O)C2CC(=O)Nc3n[nH]c(-c4ccc(Cl)cc4)c32)cc1. The van der Waals surface area contributed by atoms with Gasteiger partial charge in [-0.15, -0.1) is 0 Å². The molecule has 0 spiro atoms. The third-order valence-electron chi connectivity index (χ3n) is 4.62. The molecule has 136 valence electrons. The molecule has 2 heterocycles. The molecular formula is C20H16ClN3O3. The minimum absolute atomic E-state index is 0.0674. The number of nitrogens with zero attached hydrogens (tertiary/aromatic N) is 1. The number of methoxy groups -OCH3 is 1. The van der Waals surface area contributed by atoms with Crippen molar-refractivity contribution in [1.82, 2.24) is 10.2 Å². The molecule has 7 heteroatoms. The number of nitrogens with one attached hydrogen (secondary N) is 2. The van der Waals surface area contributed by atoms with Crippen molar-refractivity contribution >= 4 is 29.1 Å². The molecule has 1 atom stereocenters. The highest BCUT2D eigenvalue weighted by Gasteiger charge is 2.35. The van der Waals surface area contributed by atoms with E-state index in [9.17, 15) is 9.59 Å². The number of hydrogen-bond acceptors (Lipinski definition) is 4. The van der Waals surface area contributed by atoms with Crippen LogP contribution in [0.2, 0.25) is 5.02 Å². The number of rotatable bonds is 4. The standard InChI is InChI=1S/C20H16ClN3O3/c1-27-14-8-4-12(5-9-14)19(26)15-10-16(25)22-20-17(15)18(23-24-20)11-2-6-13(21)7-3-11/h2-9,15H,10H2,1H3,(H2,22,23,24,25). The maximum Gasteiger partial charge on any atom is 0.226 e. The Morgan fingerprint density at radius 1 is 1.15 bits per heavy atom. The lowest BCUT2D eigenvalue weighted by atomic mass is 9.84. The lowest BCUT2D eigenvalue weighted by Crippen LogP contribution is -2.27. The van der Waals surface area contributed by atoms with E-state index >= 15 is 0 Å². The summed E-state index contributed by atoms with van der Waals surface area (Å²) >= 11 is 5.97. The van der Waals surface area contributed by atoms with Gasteiger partial charge in [-0.25, -0.2) is 0 Å². The summed E-state index contributed by atoms with van der Waals surface area (Å²) in [4.78, 5) is 25.3. The maximum atomic E-state index is 13.2. The predicted molar refractivity (Wildman–Crippen MR) is 102 cm³/mol. The van der Waals surface area contributed by atoms with Crippen LogP contribution in [0.25, 0.3) is 11.3 Å². The van der Waals surface area contributed by atoms with Crippen molar-refractivity contribution in [3.05, 3.63) is 64.7 Å². The highest BCUT2D eigenvalue weighted by Crippen LogP contribution is 2.40. The third-order valence-corrected chi connectivity index (χ3v) is 4.88. The number of anilines is 1. The van der Waals surface area contributed by atoms with E-state index < -0.39 is 5.92 Å². The minimum atomic E-state index is -0.619. The normalized spacial score (nSPS) is 15.8. The molecule has 27 heavy (non-hydrogen) atoms. The minimum Gasteiger partial charge on any atom is -0.497 e. The second kappa shape index (κ2) is 6.89. The first-order valence-corrected chi connectivity index (χ1v) is 8.77. The largest absolute Gasteiger partial charge is 0.497 e. The fourth-order valence-electron chi connectivity index (χ4n) is 3.27. The van der Waals surface area contributed by atoms with Gasteiger partial charge in [0.25, 0.3) is 0 Å². The van der Waals surface area contributed by atoms with Crippen LogP contribution in [0.4, 0.5) is 5.82 Å². The van der Waals surface area contributed by atoms with Crippen LogP contribution < -0.4 is 10.1 Å². The number of benzene rings is 2. The van der Waals surface area contributed by atoms with Crippen LogP contribution in [0.3, 0.4) is 0 Å². The Labute approximate surface area is 160 Å². The number of aromatic nitrogens is 2. The molecule has 0 aliphatic carbocycles. The van der Waals surface area contributed by atoms with E-state index in [0.717, 1.165) is 5.56 Å². The van der Waals surface area contributed by atoms with E-state index in [1.807, 2.05) is 12.1 Å². The summed E-state index contributed by atoms with van der Waals surface area (Å²) in [5.74, 6) is 0.0716. The van der Waals surface area contributed by atoms with Gasteiger partial charge in [0.05, 0.1) is 18.7 Å². The van der Waals surface area contributed by atoms with Gasteiger partial charge in [0.15, 0.2) is 11.6 Å². The quantitative estimate of drug-likeness (QED) is 0.668. The lowest BCUT2D eigenvalue weighted by Gasteiger charge is -2.22. The zero-order valence-electron chi connectivity index (χ0n) is 14.5. The van der Waals surface area contributed by atoms with Crippen LogP contribution in [0.15, 0.2) is 48.5 Å². The lowest BCUT2D eigenvalue weighted by molar-refractivity contribution is -0.116. The number of ketones is 1. The summed E-state index contributed by atoms with van der Waals surface area (Å²) in [6.45, 7) is 0.